The van der Waals surface area contributed by atoms with E-state index in [2.05, 4.69) is 31.2 Å². The maximum Gasteiger partial charge on any atom is 0.252 e. The summed E-state index contributed by atoms with van der Waals surface area (Å²) in [7, 11) is 0. The van der Waals surface area contributed by atoms with Gasteiger partial charge in [0, 0.05) is 17.0 Å². The van der Waals surface area contributed by atoms with Crippen LogP contribution in [0.15, 0.2) is 30.6 Å². The number of thiocarbonyl (C=S) groups is 1. The molecule has 26 heavy (non-hydrogen) atoms. The van der Waals surface area contributed by atoms with Gasteiger partial charge in [0.15, 0.2) is 5.11 Å². The molecule has 0 spiro atoms. The smallest absolute Gasteiger partial charge is 0.252 e. The van der Waals surface area contributed by atoms with Gasteiger partial charge in [-0.2, -0.15) is 10.1 Å². The standard InChI is InChI=1S/C16H16FN7OS/c1-9-11(10(2)24-15(20-9)18-8-19-24)7-14(25)22-23-16(26)21-13-6-4-3-5-12(13)17/h3-6,8H,7H2,1-2H3,(H,22,25)(H2,21,23,26). The first-order chi connectivity index (χ1) is 12.5. The summed E-state index contributed by atoms with van der Waals surface area (Å²) < 4.78 is 15.1. The molecule has 10 heteroatoms. The zero-order chi connectivity index (χ0) is 18.7. The Morgan fingerprint density at radius 1 is 1.27 bits per heavy atom. The van der Waals surface area contributed by atoms with E-state index in [9.17, 15) is 9.18 Å². The molecule has 0 bridgehead atoms. The van der Waals surface area contributed by atoms with Gasteiger partial charge < -0.3 is 5.32 Å². The Bertz CT molecular complexity index is 988. The quantitative estimate of drug-likeness (QED) is 0.472. The first-order valence-corrected chi connectivity index (χ1v) is 8.12. The average molecular weight is 373 g/mol. The van der Waals surface area contributed by atoms with Crippen molar-refractivity contribution < 1.29 is 9.18 Å². The highest BCUT2D eigenvalue weighted by Gasteiger charge is 2.14. The Kier molecular flexibility index (Phi) is 5.03. The molecule has 0 aliphatic carbocycles. The summed E-state index contributed by atoms with van der Waals surface area (Å²) in [6, 6.07) is 6.09. The second-order valence-electron chi connectivity index (χ2n) is 5.52. The van der Waals surface area contributed by atoms with Crippen LogP contribution in [0.5, 0.6) is 0 Å². The number of rotatable bonds is 3. The van der Waals surface area contributed by atoms with Crippen LogP contribution in [0.3, 0.4) is 0 Å². The fourth-order valence-corrected chi connectivity index (χ4v) is 2.62. The van der Waals surface area contributed by atoms with E-state index in [1.54, 1.807) is 16.6 Å². The van der Waals surface area contributed by atoms with E-state index in [-0.39, 0.29) is 23.1 Å². The van der Waals surface area contributed by atoms with Crippen LogP contribution in [0.25, 0.3) is 5.78 Å². The van der Waals surface area contributed by atoms with E-state index in [0.717, 1.165) is 11.3 Å². The number of halogens is 1. The van der Waals surface area contributed by atoms with Crippen LogP contribution in [0.4, 0.5) is 10.1 Å². The van der Waals surface area contributed by atoms with E-state index < -0.39 is 5.82 Å². The minimum absolute atomic E-state index is 0.0711. The minimum atomic E-state index is -0.443. The molecular weight excluding hydrogens is 357 g/mol. The van der Waals surface area contributed by atoms with Gasteiger partial charge in [-0.3, -0.25) is 15.6 Å². The van der Waals surface area contributed by atoms with Crippen molar-refractivity contribution >= 4 is 34.7 Å². The number of benzene rings is 1. The lowest BCUT2D eigenvalue weighted by Gasteiger charge is -2.13. The lowest BCUT2D eigenvalue weighted by atomic mass is 10.1. The van der Waals surface area contributed by atoms with Crippen molar-refractivity contribution in [3.63, 3.8) is 0 Å². The Labute approximate surface area is 153 Å². The number of carbonyl (C=O) groups is 1. The Balaban J connectivity index is 1.61. The molecule has 0 aliphatic rings. The second-order valence-corrected chi connectivity index (χ2v) is 5.93. The molecule has 0 atom stereocenters. The van der Waals surface area contributed by atoms with E-state index in [4.69, 9.17) is 12.2 Å². The zero-order valence-corrected chi connectivity index (χ0v) is 14.9. The summed E-state index contributed by atoms with van der Waals surface area (Å²) in [5, 5.41) is 6.83. The summed E-state index contributed by atoms with van der Waals surface area (Å²) in [5.74, 6) is -0.283. The number of hydrogen-bond acceptors (Lipinski definition) is 5. The number of nitrogens with one attached hydrogen (secondary N) is 3. The molecule has 3 aromatic rings. The summed E-state index contributed by atoms with van der Waals surface area (Å²) >= 11 is 5.04. The number of amides is 1. The molecule has 0 fully saturated rings. The highest BCUT2D eigenvalue weighted by atomic mass is 32.1. The Hall–Kier alpha value is -3.14. The van der Waals surface area contributed by atoms with Crippen molar-refractivity contribution in [2.45, 2.75) is 20.3 Å². The third kappa shape index (κ3) is 3.75. The number of hydrogen-bond donors (Lipinski definition) is 3. The molecular formula is C16H16FN7OS. The fraction of sp³-hybridized carbons (Fsp3) is 0.188. The predicted octanol–water partition coefficient (Wildman–Crippen LogP) is 1.44. The lowest BCUT2D eigenvalue weighted by molar-refractivity contribution is -0.121. The SMILES string of the molecule is Cc1nc2ncnn2c(C)c1CC(=O)NNC(=S)Nc1ccccc1F. The van der Waals surface area contributed by atoms with Crippen LogP contribution < -0.4 is 16.2 Å². The number of hydrazine groups is 1. The van der Waals surface area contributed by atoms with Crippen LogP contribution in [-0.4, -0.2) is 30.6 Å². The molecule has 134 valence electrons. The van der Waals surface area contributed by atoms with E-state index in [0.29, 0.717) is 11.5 Å². The number of nitrogens with zero attached hydrogens (tertiary/aromatic N) is 4. The number of anilines is 1. The van der Waals surface area contributed by atoms with Crippen molar-refractivity contribution in [3.8, 4) is 0 Å². The van der Waals surface area contributed by atoms with Crippen molar-refractivity contribution in [3.05, 3.63) is 53.4 Å². The molecule has 3 rings (SSSR count). The molecule has 1 amide bonds. The molecule has 2 heterocycles. The highest BCUT2D eigenvalue weighted by molar-refractivity contribution is 7.80. The summed E-state index contributed by atoms with van der Waals surface area (Å²) in [5.41, 5.74) is 7.47. The first-order valence-electron chi connectivity index (χ1n) is 7.72. The molecule has 0 radical (unpaired) electrons. The third-order valence-electron chi connectivity index (χ3n) is 3.76. The van der Waals surface area contributed by atoms with Gasteiger partial charge in [-0.1, -0.05) is 12.1 Å². The monoisotopic (exact) mass is 373 g/mol. The summed E-state index contributed by atoms with van der Waals surface area (Å²) in [6.07, 6.45) is 1.49. The summed E-state index contributed by atoms with van der Waals surface area (Å²) in [6.45, 7) is 3.65. The van der Waals surface area contributed by atoms with Crippen LogP contribution in [0, 0.1) is 19.7 Å². The van der Waals surface area contributed by atoms with Gasteiger partial charge >= 0.3 is 0 Å². The van der Waals surface area contributed by atoms with Gasteiger partial charge in [-0.05, 0) is 38.2 Å². The number of para-hydroxylation sites is 1. The van der Waals surface area contributed by atoms with Gasteiger partial charge in [-0.15, -0.1) is 0 Å². The number of aryl methyl sites for hydroxylation is 2. The molecule has 1 aromatic carbocycles. The van der Waals surface area contributed by atoms with E-state index >= 15 is 0 Å². The van der Waals surface area contributed by atoms with Crippen LogP contribution >= 0.6 is 12.2 Å². The zero-order valence-electron chi connectivity index (χ0n) is 14.1. The highest BCUT2D eigenvalue weighted by Crippen LogP contribution is 2.14. The second kappa shape index (κ2) is 7.40. The van der Waals surface area contributed by atoms with Gasteiger partial charge in [0.25, 0.3) is 5.78 Å². The third-order valence-corrected chi connectivity index (χ3v) is 3.97. The van der Waals surface area contributed by atoms with Crippen LogP contribution in [0.2, 0.25) is 0 Å². The van der Waals surface area contributed by atoms with Gasteiger partial charge in [0.2, 0.25) is 5.91 Å². The average Bonchev–Trinajstić information content (AvgIpc) is 3.07. The van der Waals surface area contributed by atoms with Crippen molar-refractivity contribution in [2.24, 2.45) is 0 Å². The normalized spacial score (nSPS) is 10.6. The number of aromatic nitrogens is 4. The van der Waals surface area contributed by atoms with Crippen LogP contribution in [-0.2, 0) is 11.2 Å². The minimum Gasteiger partial charge on any atom is -0.329 e. The van der Waals surface area contributed by atoms with Gasteiger partial charge in [0.05, 0.1) is 12.1 Å². The molecule has 3 N–H and O–H groups in total. The van der Waals surface area contributed by atoms with E-state index in [1.807, 2.05) is 13.8 Å². The van der Waals surface area contributed by atoms with Crippen molar-refractivity contribution in [1.82, 2.24) is 30.4 Å². The number of fused-ring (bicyclic) bond motifs is 1. The van der Waals surface area contributed by atoms with Crippen LogP contribution in [0.1, 0.15) is 17.0 Å². The topological polar surface area (TPSA) is 96.2 Å². The van der Waals surface area contributed by atoms with Crippen molar-refractivity contribution in [1.29, 1.82) is 0 Å². The molecule has 8 nitrogen and oxygen atoms in total. The maximum atomic E-state index is 13.6. The van der Waals surface area contributed by atoms with E-state index in [1.165, 1.54) is 18.5 Å². The molecule has 0 aliphatic heterocycles. The van der Waals surface area contributed by atoms with Gasteiger partial charge in [-0.25, -0.2) is 13.9 Å². The molecule has 0 unspecified atom stereocenters. The predicted molar refractivity (Wildman–Crippen MR) is 97.9 cm³/mol. The number of carbonyl (C=O) groups excluding carboxylic acids is 1. The first kappa shape index (κ1) is 17.7. The molecule has 2 aromatic heterocycles. The molecule has 0 saturated carbocycles. The Morgan fingerprint density at radius 2 is 2.04 bits per heavy atom. The lowest BCUT2D eigenvalue weighted by Crippen LogP contribution is -2.44. The Morgan fingerprint density at radius 3 is 2.81 bits per heavy atom. The summed E-state index contributed by atoms with van der Waals surface area (Å²) in [4.78, 5) is 20.6. The maximum absolute atomic E-state index is 13.6. The molecule has 0 saturated heterocycles. The fourth-order valence-electron chi connectivity index (χ4n) is 2.46. The van der Waals surface area contributed by atoms with Gasteiger partial charge in [0.1, 0.15) is 12.1 Å². The van der Waals surface area contributed by atoms with Crippen molar-refractivity contribution in [2.75, 3.05) is 5.32 Å². The largest absolute Gasteiger partial charge is 0.329 e.